The average Bonchev–Trinajstić information content (AvgIpc) is 3.06. The van der Waals surface area contributed by atoms with E-state index in [2.05, 4.69) is 30.2 Å². The number of para-hydroxylation sites is 2. The lowest BCUT2D eigenvalue weighted by molar-refractivity contribution is 0.507. The van der Waals surface area contributed by atoms with Crippen LogP contribution in [-0.4, -0.2) is 24.7 Å². The number of imidazole rings is 1. The normalized spacial score (nSPS) is 12.9. The Hall–Kier alpha value is -2.25. The third kappa shape index (κ3) is 2.09. The van der Waals surface area contributed by atoms with Crippen molar-refractivity contribution in [3.63, 3.8) is 0 Å². The van der Waals surface area contributed by atoms with E-state index >= 15 is 0 Å². The number of aromatic nitrogens is 5. The molecular weight excluding hydrogens is 242 g/mol. The Balaban J connectivity index is 1.94. The fourth-order valence-electron chi connectivity index (χ4n) is 2.18. The second-order valence-electron chi connectivity index (χ2n) is 4.37. The number of hydrazine groups is 1. The highest BCUT2D eigenvalue weighted by molar-refractivity contribution is 5.75. The predicted molar refractivity (Wildman–Crippen MR) is 70.9 cm³/mol. The zero-order chi connectivity index (χ0) is 13.2. The van der Waals surface area contributed by atoms with Crippen LogP contribution < -0.4 is 11.3 Å². The van der Waals surface area contributed by atoms with Crippen LogP contribution in [0, 0.1) is 0 Å². The smallest absolute Gasteiger partial charge is 0.143 e. The minimum atomic E-state index is -0.141. The molecule has 0 radical (unpaired) electrons. The maximum atomic E-state index is 5.58. The number of rotatable bonds is 4. The molecule has 0 spiro atoms. The lowest BCUT2D eigenvalue weighted by atomic mass is 10.2. The third-order valence-electron chi connectivity index (χ3n) is 3.23. The molecule has 0 aliphatic carbocycles. The SMILES string of the molecule is Cn1c(CC(NN)c2ncn[nH]2)nc2ccccc21. The Morgan fingerprint density at radius 3 is 2.95 bits per heavy atom. The molecule has 3 rings (SSSR count). The van der Waals surface area contributed by atoms with Crippen molar-refractivity contribution >= 4 is 11.0 Å². The maximum Gasteiger partial charge on any atom is 0.143 e. The van der Waals surface area contributed by atoms with E-state index in [0.717, 1.165) is 16.9 Å². The molecule has 0 saturated carbocycles. The molecule has 7 heteroatoms. The predicted octanol–water partition coefficient (Wildman–Crippen LogP) is 0.439. The number of nitrogens with one attached hydrogen (secondary N) is 2. The monoisotopic (exact) mass is 257 g/mol. The summed E-state index contributed by atoms with van der Waals surface area (Å²) in [7, 11) is 2.00. The molecule has 1 aromatic carbocycles. The first-order valence-electron chi connectivity index (χ1n) is 6.01. The fourth-order valence-corrected chi connectivity index (χ4v) is 2.18. The summed E-state index contributed by atoms with van der Waals surface area (Å²) in [6.45, 7) is 0. The number of nitrogens with two attached hydrogens (primary N) is 1. The molecule has 1 unspecified atom stereocenters. The molecule has 98 valence electrons. The number of hydrogen-bond donors (Lipinski definition) is 3. The number of fused-ring (bicyclic) bond motifs is 1. The van der Waals surface area contributed by atoms with Gasteiger partial charge in [0.05, 0.1) is 17.1 Å². The van der Waals surface area contributed by atoms with Gasteiger partial charge in [-0.05, 0) is 12.1 Å². The third-order valence-corrected chi connectivity index (χ3v) is 3.23. The number of H-pyrrole nitrogens is 1. The number of hydrogen-bond acceptors (Lipinski definition) is 5. The highest BCUT2D eigenvalue weighted by Crippen LogP contribution is 2.18. The van der Waals surface area contributed by atoms with Crippen LogP contribution in [0.3, 0.4) is 0 Å². The molecule has 0 bridgehead atoms. The van der Waals surface area contributed by atoms with Gasteiger partial charge in [0.1, 0.15) is 18.0 Å². The van der Waals surface area contributed by atoms with Crippen LogP contribution in [0.2, 0.25) is 0 Å². The van der Waals surface area contributed by atoms with Gasteiger partial charge in [0.15, 0.2) is 0 Å². The van der Waals surface area contributed by atoms with Gasteiger partial charge in [-0.15, -0.1) is 0 Å². The van der Waals surface area contributed by atoms with Crippen LogP contribution in [-0.2, 0) is 13.5 Å². The molecule has 0 amide bonds. The van der Waals surface area contributed by atoms with E-state index in [4.69, 9.17) is 5.84 Å². The van der Waals surface area contributed by atoms with Crippen molar-refractivity contribution in [1.82, 2.24) is 30.2 Å². The van der Waals surface area contributed by atoms with Crippen LogP contribution in [0.5, 0.6) is 0 Å². The minimum absolute atomic E-state index is 0.141. The van der Waals surface area contributed by atoms with E-state index in [0.29, 0.717) is 12.2 Å². The summed E-state index contributed by atoms with van der Waals surface area (Å²) in [5.41, 5.74) is 4.82. The molecule has 2 aromatic heterocycles. The Morgan fingerprint density at radius 2 is 2.26 bits per heavy atom. The molecule has 0 fully saturated rings. The summed E-state index contributed by atoms with van der Waals surface area (Å²) < 4.78 is 2.07. The molecule has 0 aliphatic rings. The molecule has 19 heavy (non-hydrogen) atoms. The van der Waals surface area contributed by atoms with Gasteiger partial charge in [0.25, 0.3) is 0 Å². The molecular formula is C12H15N7. The summed E-state index contributed by atoms with van der Waals surface area (Å²) in [6.07, 6.45) is 2.10. The van der Waals surface area contributed by atoms with E-state index < -0.39 is 0 Å². The van der Waals surface area contributed by atoms with Gasteiger partial charge in [0, 0.05) is 13.5 Å². The summed E-state index contributed by atoms with van der Waals surface area (Å²) in [5, 5.41) is 6.66. The van der Waals surface area contributed by atoms with E-state index in [-0.39, 0.29) is 6.04 Å². The number of nitrogens with zero attached hydrogens (tertiary/aromatic N) is 4. The average molecular weight is 257 g/mol. The highest BCUT2D eigenvalue weighted by Gasteiger charge is 2.17. The zero-order valence-electron chi connectivity index (χ0n) is 10.5. The van der Waals surface area contributed by atoms with Crippen molar-refractivity contribution in [2.24, 2.45) is 12.9 Å². The summed E-state index contributed by atoms with van der Waals surface area (Å²) in [5.74, 6) is 7.23. The van der Waals surface area contributed by atoms with Crippen LogP contribution >= 0.6 is 0 Å². The second kappa shape index (κ2) is 4.79. The first-order valence-corrected chi connectivity index (χ1v) is 6.01. The van der Waals surface area contributed by atoms with Gasteiger partial charge in [-0.2, -0.15) is 5.10 Å². The number of aryl methyl sites for hydroxylation is 1. The molecule has 1 atom stereocenters. The van der Waals surface area contributed by atoms with Gasteiger partial charge in [-0.3, -0.25) is 10.9 Å². The minimum Gasteiger partial charge on any atom is -0.331 e. The van der Waals surface area contributed by atoms with Crippen LogP contribution in [0.25, 0.3) is 11.0 Å². The lowest BCUT2D eigenvalue weighted by Crippen LogP contribution is -2.31. The van der Waals surface area contributed by atoms with Crippen molar-refractivity contribution in [1.29, 1.82) is 0 Å². The van der Waals surface area contributed by atoms with Gasteiger partial charge >= 0.3 is 0 Å². The van der Waals surface area contributed by atoms with Crippen LogP contribution in [0.1, 0.15) is 17.7 Å². The first-order chi connectivity index (χ1) is 9.29. The molecule has 3 aromatic rings. The molecule has 7 nitrogen and oxygen atoms in total. The van der Waals surface area contributed by atoms with E-state index in [1.807, 2.05) is 31.3 Å². The van der Waals surface area contributed by atoms with Gasteiger partial charge < -0.3 is 4.57 Å². The summed E-state index contributed by atoms with van der Waals surface area (Å²) >= 11 is 0. The molecule has 0 saturated heterocycles. The van der Waals surface area contributed by atoms with E-state index in [9.17, 15) is 0 Å². The fraction of sp³-hybridized carbons (Fsp3) is 0.250. The Morgan fingerprint density at radius 1 is 1.42 bits per heavy atom. The first kappa shape index (κ1) is 11.8. The van der Waals surface area contributed by atoms with Crippen molar-refractivity contribution < 1.29 is 0 Å². The van der Waals surface area contributed by atoms with Crippen LogP contribution in [0.4, 0.5) is 0 Å². The topological polar surface area (TPSA) is 97.4 Å². The molecule has 2 heterocycles. The highest BCUT2D eigenvalue weighted by atomic mass is 15.3. The second-order valence-corrected chi connectivity index (χ2v) is 4.37. The van der Waals surface area contributed by atoms with Crippen LogP contribution in [0.15, 0.2) is 30.6 Å². The van der Waals surface area contributed by atoms with Gasteiger partial charge in [0.2, 0.25) is 0 Å². The molecule has 0 aliphatic heterocycles. The summed E-state index contributed by atoms with van der Waals surface area (Å²) in [4.78, 5) is 8.74. The Kier molecular flexibility index (Phi) is 2.98. The van der Waals surface area contributed by atoms with Gasteiger partial charge in [-0.25, -0.2) is 15.4 Å². The number of benzene rings is 1. The van der Waals surface area contributed by atoms with Gasteiger partial charge in [-0.1, -0.05) is 12.1 Å². The lowest BCUT2D eigenvalue weighted by Gasteiger charge is -2.12. The van der Waals surface area contributed by atoms with Crippen molar-refractivity contribution in [3.05, 3.63) is 42.2 Å². The van der Waals surface area contributed by atoms with Crippen molar-refractivity contribution in [2.75, 3.05) is 0 Å². The zero-order valence-corrected chi connectivity index (χ0v) is 10.5. The van der Waals surface area contributed by atoms with E-state index in [1.54, 1.807) is 0 Å². The van der Waals surface area contributed by atoms with E-state index in [1.165, 1.54) is 6.33 Å². The number of aromatic amines is 1. The maximum absolute atomic E-state index is 5.58. The summed E-state index contributed by atoms with van der Waals surface area (Å²) in [6, 6.07) is 7.89. The standard InChI is InChI=1S/C12H15N7/c1-19-10-5-3-2-4-8(10)16-11(19)6-9(17-13)12-14-7-15-18-12/h2-5,7,9,17H,6,13H2,1H3,(H,14,15,18). The quantitative estimate of drug-likeness (QED) is 0.465. The Labute approximate surface area is 109 Å². The Bertz CT molecular complexity index is 671. The van der Waals surface area contributed by atoms with Crippen molar-refractivity contribution in [3.8, 4) is 0 Å². The largest absolute Gasteiger partial charge is 0.331 e. The molecule has 4 N–H and O–H groups in total. The van der Waals surface area contributed by atoms with Crippen molar-refractivity contribution in [2.45, 2.75) is 12.5 Å².